The molecule has 0 saturated heterocycles. The second-order valence-electron chi connectivity index (χ2n) is 3.47. The normalized spacial score (nSPS) is 10.5. The molecule has 0 saturated carbocycles. The molecule has 0 unspecified atom stereocenters. The quantitative estimate of drug-likeness (QED) is 0.672. The van der Waals surface area contributed by atoms with E-state index in [1.54, 1.807) is 0 Å². The first-order valence-corrected chi connectivity index (χ1v) is 5.20. The molecule has 0 atom stereocenters. The van der Waals surface area contributed by atoms with E-state index in [4.69, 9.17) is 0 Å². The maximum Gasteiger partial charge on any atom is 0.0629 e. The van der Waals surface area contributed by atoms with E-state index in [1.807, 2.05) is 60.8 Å². The van der Waals surface area contributed by atoms with Crippen LogP contribution in [0.4, 0.5) is 5.69 Å². The summed E-state index contributed by atoms with van der Waals surface area (Å²) in [6.45, 7) is 3.75. The summed E-state index contributed by atoms with van der Waals surface area (Å²) in [7, 11) is 0. The van der Waals surface area contributed by atoms with Gasteiger partial charge in [0.1, 0.15) is 0 Å². The lowest BCUT2D eigenvalue weighted by molar-refractivity contribution is 1.52. The highest BCUT2D eigenvalue weighted by Gasteiger charge is 1.89. The smallest absolute Gasteiger partial charge is 0.0629 e. The van der Waals surface area contributed by atoms with Crippen molar-refractivity contribution in [2.24, 2.45) is 4.99 Å². The van der Waals surface area contributed by atoms with Gasteiger partial charge < -0.3 is 0 Å². The van der Waals surface area contributed by atoms with Crippen LogP contribution in [0.2, 0.25) is 0 Å². The molecule has 0 aliphatic rings. The standard InChI is InChI=1S/C15H13N/c1-2-13-7-6-8-14(11-13)12-16-15-9-4-3-5-10-15/h2-12H,1H2. The van der Waals surface area contributed by atoms with Crippen LogP contribution in [0.25, 0.3) is 6.08 Å². The maximum atomic E-state index is 4.39. The number of aliphatic imine (C=N–C) groups is 1. The molecule has 0 fully saturated rings. The topological polar surface area (TPSA) is 12.4 Å². The van der Waals surface area contributed by atoms with E-state index in [1.165, 1.54) is 0 Å². The summed E-state index contributed by atoms with van der Waals surface area (Å²) in [4.78, 5) is 4.39. The van der Waals surface area contributed by atoms with Crippen LogP contribution in [-0.4, -0.2) is 6.21 Å². The third-order valence-electron chi connectivity index (χ3n) is 2.27. The van der Waals surface area contributed by atoms with Crippen molar-refractivity contribution >= 4 is 18.0 Å². The molecule has 2 aromatic carbocycles. The van der Waals surface area contributed by atoms with Gasteiger partial charge in [0, 0.05) is 6.21 Å². The number of benzene rings is 2. The van der Waals surface area contributed by atoms with Crippen LogP contribution >= 0.6 is 0 Å². The molecule has 0 amide bonds. The van der Waals surface area contributed by atoms with Crippen molar-refractivity contribution in [2.75, 3.05) is 0 Å². The molecule has 0 N–H and O–H groups in total. The van der Waals surface area contributed by atoms with E-state index in [2.05, 4.69) is 17.6 Å². The SMILES string of the molecule is C=Cc1cccc(C=Nc2ccccc2)c1. The zero-order chi connectivity index (χ0) is 11.2. The van der Waals surface area contributed by atoms with Gasteiger partial charge in [-0.25, -0.2) is 0 Å². The van der Waals surface area contributed by atoms with Crippen molar-refractivity contribution in [3.63, 3.8) is 0 Å². The summed E-state index contributed by atoms with van der Waals surface area (Å²) in [6.07, 6.45) is 3.70. The molecule has 0 bridgehead atoms. The monoisotopic (exact) mass is 207 g/mol. The minimum absolute atomic E-state index is 0.964. The van der Waals surface area contributed by atoms with Crippen molar-refractivity contribution in [3.8, 4) is 0 Å². The Hall–Kier alpha value is -2.15. The second kappa shape index (κ2) is 5.08. The summed E-state index contributed by atoms with van der Waals surface area (Å²) in [5, 5.41) is 0. The average molecular weight is 207 g/mol. The van der Waals surface area contributed by atoms with Gasteiger partial charge in [0.15, 0.2) is 0 Å². The number of para-hydroxylation sites is 1. The van der Waals surface area contributed by atoms with Crippen LogP contribution in [0.5, 0.6) is 0 Å². The predicted molar refractivity (Wildman–Crippen MR) is 70.2 cm³/mol. The Morgan fingerprint density at radius 1 is 0.875 bits per heavy atom. The van der Waals surface area contributed by atoms with Gasteiger partial charge in [-0.2, -0.15) is 0 Å². The highest BCUT2D eigenvalue weighted by Crippen LogP contribution is 2.10. The van der Waals surface area contributed by atoms with Crippen LogP contribution in [0.15, 0.2) is 66.2 Å². The molecule has 2 rings (SSSR count). The van der Waals surface area contributed by atoms with Crippen molar-refractivity contribution in [1.29, 1.82) is 0 Å². The van der Waals surface area contributed by atoms with Gasteiger partial charge in [0.2, 0.25) is 0 Å². The molecule has 0 aliphatic heterocycles. The first kappa shape index (κ1) is 10.4. The summed E-state index contributed by atoms with van der Waals surface area (Å²) in [5.74, 6) is 0. The van der Waals surface area contributed by atoms with Gasteiger partial charge in [-0.1, -0.05) is 49.1 Å². The molecular formula is C15H13N. The van der Waals surface area contributed by atoms with Gasteiger partial charge in [-0.3, -0.25) is 4.99 Å². The van der Waals surface area contributed by atoms with Crippen molar-refractivity contribution in [2.45, 2.75) is 0 Å². The minimum Gasteiger partial charge on any atom is -0.256 e. The first-order valence-electron chi connectivity index (χ1n) is 5.20. The Morgan fingerprint density at radius 2 is 1.62 bits per heavy atom. The number of hydrogen-bond acceptors (Lipinski definition) is 1. The molecule has 2 aromatic rings. The number of rotatable bonds is 3. The van der Waals surface area contributed by atoms with Crippen molar-refractivity contribution in [1.82, 2.24) is 0 Å². The van der Waals surface area contributed by atoms with Gasteiger partial charge in [0.25, 0.3) is 0 Å². The van der Waals surface area contributed by atoms with Crippen molar-refractivity contribution in [3.05, 3.63) is 72.3 Å². The fourth-order valence-corrected chi connectivity index (χ4v) is 1.43. The predicted octanol–water partition coefficient (Wildman–Crippen LogP) is 4.08. The van der Waals surface area contributed by atoms with Crippen LogP contribution in [0.3, 0.4) is 0 Å². The lowest BCUT2D eigenvalue weighted by Gasteiger charge is -1.96. The lowest BCUT2D eigenvalue weighted by atomic mass is 10.1. The minimum atomic E-state index is 0.964. The van der Waals surface area contributed by atoms with E-state index in [-0.39, 0.29) is 0 Å². The molecular weight excluding hydrogens is 194 g/mol. The van der Waals surface area contributed by atoms with Crippen LogP contribution in [0, 0.1) is 0 Å². The zero-order valence-electron chi connectivity index (χ0n) is 9.01. The Labute approximate surface area is 95.8 Å². The largest absolute Gasteiger partial charge is 0.256 e. The Morgan fingerprint density at radius 3 is 2.38 bits per heavy atom. The van der Waals surface area contributed by atoms with E-state index in [9.17, 15) is 0 Å². The van der Waals surface area contributed by atoms with Gasteiger partial charge >= 0.3 is 0 Å². The summed E-state index contributed by atoms with van der Waals surface area (Å²) < 4.78 is 0. The second-order valence-corrected chi connectivity index (χ2v) is 3.47. The highest BCUT2D eigenvalue weighted by atomic mass is 14.7. The Bertz CT molecular complexity index is 498. The molecule has 0 spiro atoms. The van der Waals surface area contributed by atoms with Gasteiger partial charge in [-0.15, -0.1) is 0 Å². The fraction of sp³-hybridized carbons (Fsp3) is 0. The van der Waals surface area contributed by atoms with Crippen molar-refractivity contribution < 1.29 is 0 Å². The van der Waals surface area contributed by atoms with Crippen LogP contribution in [0.1, 0.15) is 11.1 Å². The molecule has 1 nitrogen and oxygen atoms in total. The number of hydrogen-bond donors (Lipinski definition) is 0. The molecule has 78 valence electrons. The average Bonchev–Trinajstić information content (AvgIpc) is 2.38. The van der Waals surface area contributed by atoms with Crippen LogP contribution in [-0.2, 0) is 0 Å². The van der Waals surface area contributed by atoms with Gasteiger partial charge in [0.05, 0.1) is 5.69 Å². The highest BCUT2D eigenvalue weighted by molar-refractivity contribution is 5.82. The van der Waals surface area contributed by atoms with Crippen LogP contribution < -0.4 is 0 Å². The van der Waals surface area contributed by atoms with E-state index >= 15 is 0 Å². The fourth-order valence-electron chi connectivity index (χ4n) is 1.43. The Kier molecular flexibility index (Phi) is 3.29. The van der Waals surface area contributed by atoms with E-state index in [0.717, 1.165) is 16.8 Å². The first-order chi connectivity index (χ1) is 7.88. The lowest BCUT2D eigenvalue weighted by Crippen LogP contribution is -1.81. The number of nitrogens with zero attached hydrogens (tertiary/aromatic N) is 1. The van der Waals surface area contributed by atoms with E-state index < -0.39 is 0 Å². The molecule has 16 heavy (non-hydrogen) atoms. The molecule has 0 aliphatic carbocycles. The summed E-state index contributed by atoms with van der Waals surface area (Å²) in [6, 6.07) is 18.0. The molecule has 1 heteroatoms. The Balaban J connectivity index is 2.20. The third kappa shape index (κ3) is 2.67. The van der Waals surface area contributed by atoms with Gasteiger partial charge in [-0.05, 0) is 29.3 Å². The zero-order valence-corrected chi connectivity index (χ0v) is 9.01. The molecule has 0 heterocycles. The third-order valence-corrected chi connectivity index (χ3v) is 2.27. The summed E-state index contributed by atoms with van der Waals surface area (Å²) in [5.41, 5.74) is 3.16. The maximum absolute atomic E-state index is 4.39. The summed E-state index contributed by atoms with van der Waals surface area (Å²) >= 11 is 0. The molecule has 0 aromatic heterocycles. The van der Waals surface area contributed by atoms with E-state index in [0.29, 0.717) is 0 Å². The molecule has 0 radical (unpaired) electrons.